The van der Waals surface area contributed by atoms with Gasteiger partial charge in [0.25, 0.3) is 11.8 Å². The lowest BCUT2D eigenvalue weighted by molar-refractivity contribution is -0.122. The van der Waals surface area contributed by atoms with Crippen LogP contribution < -0.4 is 10.2 Å². The highest BCUT2D eigenvalue weighted by molar-refractivity contribution is 6.39. The minimum absolute atomic E-state index is 0.0545. The zero-order valence-electron chi connectivity index (χ0n) is 16.3. The summed E-state index contributed by atoms with van der Waals surface area (Å²) in [6, 6.07) is 15.3. The quantitative estimate of drug-likeness (QED) is 0.496. The van der Waals surface area contributed by atoms with Crippen molar-refractivity contribution in [2.24, 2.45) is 0 Å². The number of carbonyl (C=O) groups is 4. The normalized spacial score (nSPS) is 15.3. The number of anilines is 1. The Balaban J connectivity index is 1.71. The van der Waals surface area contributed by atoms with Gasteiger partial charge in [0.05, 0.1) is 11.3 Å². The van der Waals surface area contributed by atoms with Crippen LogP contribution in [0.25, 0.3) is 17.4 Å². The molecule has 1 saturated heterocycles. The first-order valence-electron chi connectivity index (χ1n) is 9.26. The average molecular weight is 416 g/mol. The number of aromatic carboxylic acids is 1. The maximum absolute atomic E-state index is 13.0. The number of rotatable bonds is 4. The van der Waals surface area contributed by atoms with E-state index in [2.05, 4.69) is 5.32 Å². The van der Waals surface area contributed by atoms with Gasteiger partial charge in [0, 0.05) is 5.56 Å². The van der Waals surface area contributed by atoms with Crippen LogP contribution in [0.2, 0.25) is 0 Å². The average Bonchev–Trinajstić information content (AvgIpc) is 3.21. The number of barbiturate groups is 1. The summed E-state index contributed by atoms with van der Waals surface area (Å²) < 4.78 is 5.68. The number of hydrogen-bond acceptors (Lipinski definition) is 5. The van der Waals surface area contributed by atoms with Crippen LogP contribution >= 0.6 is 0 Å². The molecule has 0 spiro atoms. The molecular weight excluding hydrogens is 400 g/mol. The molecule has 3 aromatic rings. The number of nitrogens with one attached hydrogen (secondary N) is 1. The number of carboxylic acid groups (broad SMARTS) is 1. The van der Waals surface area contributed by atoms with Crippen molar-refractivity contribution >= 4 is 35.6 Å². The highest BCUT2D eigenvalue weighted by atomic mass is 16.4. The summed E-state index contributed by atoms with van der Waals surface area (Å²) in [5, 5.41) is 11.5. The summed E-state index contributed by atoms with van der Waals surface area (Å²) in [7, 11) is 0. The highest BCUT2D eigenvalue weighted by Gasteiger charge is 2.37. The molecule has 4 rings (SSSR count). The van der Waals surface area contributed by atoms with Crippen LogP contribution in [0.5, 0.6) is 0 Å². The van der Waals surface area contributed by atoms with Gasteiger partial charge in [-0.05, 0) is 42.8 Å². The summed E-state index contributed by atoms with van der Waals surface area (Å²) >= 11 is 0. The first kappa shape index (κ1) is 19.8. The molecule has 0 unspecified atom stereocenters. The SMILES string of the molecule is Cc1ccccc1N1C(=O)NC(=O)C(=Cc2ccc(-c3ccccc3C(=O)O)o2)C1=O. The van der Waals surface area contributed by atoms with Crippen LogP contribution in [0.15, 0.2) is 70.7 Å². The van der Waals surface area contributed by atoms with Crippen LogP contribution in [-0.2, 0) is 9.59 Å². The van der Waals surface area contributed by atoms with Crippen molar-refractivity contribution in [1.29, 1.82) is 0 Å². The Kier molecular flexibility index (Phi) is 4.96. The van der Waals surface area contributed by atoms with E-state index in [0.29, 0.717) is 16.8 Å². The maximum atomic E-state index is 13.0. The van der Waals surface area contributed by atoms with E-state index in [-0.39, 0.29) is 22.7 Å². The number of urea groups is 1. The number of amides is 4. The lowest BCUT2D eigenvalue weighted by Crippen LogP contribution is -2.54. The topological polar surface area (TPSA) is 117 Å². The zero-order valence-corrected chi connectivity index (χ0v) is 16.3. The number of furan rings is 1. The monoisotopic (exact) mass is 416 g/mol. The van der Waals surface area contributed by atoms with Gasteiger partial charge in [-0.1, -0.05) is 36.4 Å². The fourth-order valence-electron chi connectivity index (χ4n) is 3.29. The third-order valence-corrected chi connectivity index (χ3v) is 4.79. The van der Waals surface area contributed by atoms with Crippen molar-refractivity contribution in [3.8, 4) is 11.3 Å². The molecule has 1 fully saturated rings. The lowest BCUT2D eigenvalue weighted by Gasteiger charge is -2.27. The molecule has 8 heteroatoms. The minimum Gasteiger partial charge on any atom is -0.478 e. The van der Waals surface area contributed by atoms with Gasteiger partial charge in [-0.25, -0.2) is 14.5 Å². The smallest absolute Gasteiger partial charge is 0.336 e. The second-order valence-electron chi connectivity index (χ2n) is 6.80. The molecule has 0 saturated carbocycles. The Morgan fingerprint density at radius 3 is 2.45 bits per heavy atom. The molecule has 2 heterocycles. The fraction of sp³-hybridized carbons (Fsp3) is 0.0435. The van der Waals surface area contributed by atoms with Gasteiger partial charge in [0.2, 0.25) is 0 Å². The van der Waals surface area contributed by atoms with E-state index < -0.39 is 23.8 Å². The third kappa shape index (κ3) is 3.62. The first-order chi connectivity index (χ1) is 14.9. The van der Waals surface area contributed by atoms with E-state index in [1.807, 2.05) is 0 Å². The molecule has 2 aromatic carbocycles. The van der Waals surface area contributed by atoms with Crippen molar-refractivity contribution in [3.63, 3.8) is 0 Å². The van der Waals surface area contributed by atoms with Gasteiger partial charge in [0.1, 0.15) is 17.1 Å². The molecule has 0 aliphatic carbocycles. The number of nitrogens with zero attached hydrogens (tertiary/aromatic N) is 1. The molecule has 8 nitrogen and oxygen atoms in total. The molecule has 0 atom stereocenters. The molecule has 154 valence electrons. The zero-order chi connectivity index (χ0) is 22.1. The van der Waals surface area contributed by atoms with E-state index in [1.54, 1.807) is 55.5 Å². The number of benzene rings is 2. The van der Waals surface area contributed by atoms with Crippen LogP contribution in [-0.4, -0.2) is 28.9 Å². The Hall–Kier alpha value is -4.46. The van der Waals surface area contributed by atoms with E-state index in [9.17, 15) is 24.3 Å². The van der Waals surface area contributed by atoms with E-state index in [1.165, 1.54) is 18.2 Å². The Morgan fingerprint density at radius 2 is 1.71 bits per heavy atom. The summed E-state index contributed by atoms with van der Waals surface area (Å²) in [5.74, 6) is -2.31. The van der Waals surface area contributed by atoms with E-state index in [0.717, 1.165) is 4.90 Å². The Morgan fingerprint density at radius 1 is 1.00 bits per heavy atom. The van der Waals surface area contributed by atoms with Gasteiger partial charge in [0.15, 0.2) is 0 Å². The van der Waals surface area contributed by atoms with Crippen molar-refractivity contribution in [3.05, 3.63) is 83.1 Å². The molecule has 1 aromatic heterocycles. The highest BCUT2D eigenvalue weighted by Crippen LogP contribution is 2.28. The van der Waals surface area contributed by atoms with Gasteiger partial charge in [-0.15, -0.1) is 0 Å². The van der Waals surface area contributed by atoms with Gasteiger partial charge < -0.3 is 9.52 Å². The molecule has 0 radical (unpaired) electrons. The molecule has 0 bridgehead atoms. The number of hydrogen-bond donors (Lipinski definition) is 2. The predicted molar refractivity (Wildman–Crippen MR) is 111 cm³/mol. The largest absolute Gasteiger partial charge is 0.478 e. The van der Waals surface area contributed by atoms with Crippen molar-refractivity contribution in [1.82, 2.24) is 5.32 Å². The van der Waals surface area contributed by atoms with Crippen LogP contribution in [0, 0.1) is 6.92 Å². The van der Waals surface area contributed by atoms with Crippen molar-refractivity contribution < 1.29 is 28.7 Å². The molecule has 1 aliphatic heterocycles. The molecule has 4 amide bonds. The molecular formula is C23H16N2O6. The standard InChI is InChI=1S/C23H16N2O6/c1-13-6-2-5-9-18(13)25-21(27)17(20(26)24-23(25)30)12-14-10-11-19(31-14)15-7-3-4-8-16(15)22(28)29/h2-12H,1H3,(H,28,29)(H,24,26,30). The Labute approximate surface area is 176 Å². The van der Waals surface area contributed by atoms with Gasteiger partial charge >= 0.3 is 12.0 Å². The number of imide groups is 2. The number of carbonyl (C=O) groups excluding carboxylic acids is 3. The number of aryl methyl sites for hydroxylation is 1. The summed E-state index contributed by atoms with van der Waals surface area (Å²) in [4.78, 5) is 50.0. The summed E-state index contributed by atoms with van der Waals surface area (Å²) in [6.45, 7) is 1.74. The molecule has 2 N–H and O–H groups in total. The van der Waals surface area contributed by atoms with E-state index in [4.69, 9.17) is 4.42 Å². The van der Waals surface area contributed by atoms with Crippen molar-refractivity contribution in [2.75, 3.05) is 4.90 Å². The number of carboxylic acids is 1. The summed E-state index contributed by atoms with van der Waals surface area (Å²) in [6.07, 6.45) is 1.22. The van der Waals surface area contributed by atoms with Crippen LogP contribution in [0.1, 0.15) is 21.7 Å². The van der Waals surface area contributed by atoms with Gasteiger partial charge in [-0.3, -0.25) is 14.9 Å². The van der Waals surface area contributed by atoms with Crippen LogP contribution in [0.4, 0.5) is 10.5 Å². The van der Waals surface area contributed by atoms with Gasteiger partial charge in [-0.2, -0.15) is 0 Å². The fourth-order valence-corrected chi connectivity index (χ4v) is 3.29. The lowest BCUT2D eigenvalue weighted by atomic mass is 10.1. The molecule has 31 heavy (non-hydrogen) atoms. The maximum Gasteiger partial charge on any atom is 0.336 e. The second-order valence-corrected chi connectivity index (χ2v) is 6.80. The van der Waals surface area contributed by atoms with Crippen LogP contribution in [0.3, 0.4) is 0 Å². The Bertz CT molecular complexity index is 1270. The summed E-state index contributed by atoms with van der Waals surface area (Å²) in [5.41, 5.74) is 1.18. The predicted octanol–water partition coefficient (Wildman–Crippen LogP) is 3.62. The number of para-hydroxylation sites is 1. The van der Waals surface area contributed by atoms with E-state index >= 15 is 0 Å². The molecule has 1 aliphatic rings. The minimum atomic E-state index is -1.11. The van der Waals surface area contributed by atoms with Crippen molar-refractivity contribution in [2.45, 2.75) is 6.92 Å². The second kappa shape index (κ2) is 7.75. The third-order valence-electron chi connectivity index (χ3n) is 4.79. The first-order valence-corrected chi connectivity index (χ1v) is 9.26.